The number of nitro groups is 1. The predicted molar refractivity (Wildman–Crippen MR) is 74.3 cm³/mol. The second-order valence-electron chi connectivity index (χ2n) is 3.82. The second-order valence-corrected chi connectivity index (χ2v) is 3.82. The van der Waals surface area contributed by atoms with Gasteiger partial charge in [0.05, 0.1) is 4.92 Å². The van der Waals surface area contributed by atoms with Gasteiger partial charge in [-0.25, -0.2) is 9.97 Å². The summed E-state index contributed by atoms with van der Waals surface area (Å²) in [4.78, 5) is 21.9. The lowest BCUT2D eigenvalue weighted by atomic mass is 10.4. The van der Waals surface area contributed by atoms with E-state index in [9.17, 15) is 10.1 Å². The molecule has 4 N–H and O–H groups in total. The van der Waals surface area contributed by atoms with E-state index in [0.717, 1.165) is 0 Å². The first-order chi connectivity index (χ1) is 9.65. The van der Waals surface area contributed by atoms with E-state index in [4.69, 9.17) is 5.73 Å². The number of nitrogens with one attached hydrogen (secondary N) is 2. The SMILES string of the molecule is Nc1ccnc(NCCNc2ccc([N+](=O)[O-])cn2)n1. The summed E-state index contributed by atoms with van der Waals surface area (Å²) in [6, 6.07) is 4.54. The van der Waals surface area contributed by atoms with E-state index < -0.39 is 4.92 Å². The molecule has 0 unspecified atom stereocenters. The van der Waals surface area contributed by atoms with Gasteiger partial charge in [0, 0.05) is 25.4 Å². The Morgan fingerprint density at radius 1 is 1.20 bits per heavy atom. The van der Waals surface area contributed by atoms with Crippen molar-refractivity contribution in [2.75, 3.05) is 29.5 Å². The minimum Gasteiger partial charge on any atom is -0.384 e. The van der Waals surface area contributed by atoms with Crippen molar-refractivity contribution in [1.29, 1.82) is 0 Å². The molecule has 9 nitrogen and oxygen atoms in total. The van der Waals surface area contributed by atoms with Gasteiger partial charge in [-0.3, -0.25) is 10.1 Å². The van der Waals surface area contributed by atoms with E-state index in [0.29, 0.717) is 30.7 Å². The molecule has 0 aliphatic heterocycles. The highest BCUT2D eigenvalue weighted by Gasteiger charge is 2.04. The Labute approximate surface area is 114 Å². The number of pyridine rings is 1. The predicted octanol–water partition coefficient (Wildman–Crippen LogP) is 0.886. The molecule has 20 heavy (non-hydrogen) atoms. The average molecular weight is 275 g/mol. The van der Waals surface area contributed by atoms with Crippen molar-refractivity contribution in [3.05, 3.63) is 40.7 Å². The number of hydrogen-bond acceptors (Lipinski definition) is 8. The summed E-state index contributed by atoms with van der Waals surface area (Å²) in [7, 11) is 0. The highest BCUT2D eigenvalue weighted by molar-refractivity contribution is 5.40. The lowest BCUT2D eigenvalue weighted by Gasteiger charge is -2.07. The van der Waals surface area contributed by atoms with Gasteiger partial charge in [0.15, 0.2) is 0 Å². The largest absolute Gasteiger partial charge is 0.384 e. The molecule has 0 saturated carbocycles. The maximum atomic E-state index is 10.5. The van der Waals surface area contributed by atoms with Crippen molar-refractivity contribution >= 4 is 23.3 Å². The number of nitrogens with zero attached hydrogens (tertiary/aromatic N) is 4. The van der Waals surface area contributed by atoms with Gasteiger partial charge < -0.3 is 16.4 Å². The summed E-state index contributed by atoms with van der Waals surface area (Å²) in [6.07, 6.45) is 2.77. The zero-order valence-corrected chi connectivity index (χ0v) is 10.5. The van der Waals surface area contributed by atoms with Crippen molar-refractivity contribution in [2.45, 2.75) is 0 Å². The molecule has 104 valence electrons. The van der Waals surface area contributed by atoms with Crippen molar-refractivity contribution < 1.29 is 4.92 Å². The van der Waals surface area contributed by atoms with Crippen LogP contribution in [-0.4, -0.2) is 33.0 Å². The molecule has 2 aromatic rings. The summed E-state index contributed by atoms with van der Waals surface area (Å²) in [6.45, 7) is 1.12. The number of nitrogen functional groups attached to an aromatic ring is 1. The van der Waals surface area contributed by atoms with Crippen LogP contribution in [0.1, 0.15) is 0 Å². The number of hydrogen-bond donors (Lipinski definition) is 3. The standard InChI is InChI=1S/C11H13N7O2/c12-9-3-4-14-11(17-9)15-6-5-13-10-2-1-8(7-16-10)18(19)20/h1-4,7H,5-6H2,(H,13,16)(H3,12,14,15,17). The van der Waals surface area contributed by atoms with Crippen LogP contribution in [0.2, 0.25) is 0 Å². The molecule has 2 aromatic heterocycles. The number of aromatic nitrogens is 3. The summed E-state index contributed by atoms with van der Waals surface area (Å²) in [5.74, 6) is 1.40. The van der Waals surface area contributed by atoms with Crippen LogP contribution in [0.3, 0.4) is 0 Å². The van der Waals surface area contributed by atoms with Crippen LogP contribution >= 0.6 is 0 Å². The van der Waals surface area contributed by atoms with Crippen LogP contribution in [0.5, 0.6) is 0 Å². The Morgan fingerprint density at radius 3 is 2.65 bits per heavy atom. The number of nitrogens with two attached hydrogens (primary N) is 1. The quantitative estimate of drug-likeness (QED) is 0.402. The lowest BCUT2D eigenvalue weighted by molar-refractivity contribution is -0.385. The lowest BCUT2D eigenvalue weighted by Crippen LogP contribution is -2.15. The first-order valence-electron chi connectivity index (χ1n) is 5.82. The van der Waals surface area contributed by atoms with E-state index in [-0.39, 0.29) is 5.69 Å². The Kier molecular flexibility index (Phi) is 4.22. The van der Waals surface area contributed by atoms with Gasteiger partial charge in [0.2, 0.25) is 5.95 Å². The molecule has 0 bridgehead atoms. The minimum atomic E-state index is -0.491. The molecule has 0 aromatic carbocycles. The van der Waals surface area contributed by atoms with Gasteiger partial charge >= 0.3 is 0 Å². The van der Waals surface area contributed by atoms with Crippen molar-refractivity contribution in [2.24, 2.45) is 0 Å². The van der Waals surface area contributed by atoms with Crippen molar-refractivity contribution in [1.82, 2.24) is 15.0 Å². The zero-order chi connectivity index (χ0) is 14.4. The fraction of sp³-hybridized carbons (Fsp3) is 0.182. The first kappa shape index (κ1) is 13.5. The van der Waals surface area contributed by atoms with Crippen LogP contribution in [0, 0.1) is 10.1 Å². The smallest absolute Gasteiger partial charge is 0.287 e. The highest BCUT2D eigenvalue weighted by Crippen LogP contribution is 2.11. The molecule has 0 amide bonds. The fourth-order valence-corrected chi connectivity index (χ4v) is 1.42. The third kappa shape index (κ3) is 3.77. The number of anilines is 3. The summed E-state index contributed by atoms with van der Waals surface area (Å²) in [5, 5.41) is 16.5. The van der Waals surface area contributed by atoms with Gasteiger partial charge in [-0.1, -0.05) is 0 Å². The highest BCUT2D eigenvalue weighted by atomic mass is 16.6. The molecule has 0 radical (unpaired) electrons. The molecule has 0 saturated heterocycles. The molecule has 9 heteroatoms. The molecule has 0 atom stereocenters. The fourth-order valence-electron chi connectivity index (χ4n) is 1.42. The van der Waals surface area contributed by atoms with Crippen molar-refractivity contribution in [3.63, 3.8) is 0 Å². The Hall–Kier alpha value is -2.97. The minimum absolute atomic E-state index is 0.0400. The molecule has 0 aliphatic rings. The normalized spacial score (nSPS) is 10.0. The Bertz CT molecular complexity index is 588. The van der Waals surface area contributed by atoms with E-state index in [1.165, 1.54) is 12.3 Å². The van der Waals surface area contributed by atoms with Crippen LogP contribution in [0.15, 0.2) is 30.6 Å². The van der Waals surface area contributed by atoms with E-state index in [1.54, 1.807) is 18.3 Å². The van der Waals surface area contributed by atoms with Gasteiger partial charge in [-0.2, -0.15) is 4.98 Å². The van der Waals surface area contributed by atoms with Crippen LogP contribution in [-0.2, 0) is 0 Å². The van der Waals surface area contributed by atoms with Crippen LogP contribution in [0.4, 0.5) is 23.3 Å². The van der Waals surface area contributed by atoms with Gasteiger partial charge in [-0.05, 0) is 12.1 Å². The van der Waals surface area contributed by atoms with Gasteiger partial charge in [0.25, 0.3) is 5.69 Å². The molecular formula is C11H13N7O2. The molecule has 0 aliphatic carbocycles. The van der Waals surface area contributed by atoms with Crippen LogP contribution < -0.4 is 16.4 Å². The second kappa shape index (κ2) is 6.27. The first-order valence-corrected chi connectivity index (χ1v) is 5.82. The zero-order valence-electron chi connectivity index (χ0n) is 10.5. The molecule has 2 rings (SSSR count). The number of rotatable bonds is 6. The molecule has 2 heterocycles. The van der Waals surface area contributed by atoms with E-state index >= 15 is 0 Å². The molecule has 0 spiro atoms. The maximum absolute atomic E-state index is 10.5. The molecule has 0 fully saturated rings. The topological polar surface area (TPSA) is 132 Å². The third-order valence-electron chi connectivity index (χ3n) is 2.35. The maximum Gasteiger partial charge on any atom is 0.287 e. The Morgan fingerprint density at radius 2 is 2.00 bits per heavy atom. The van der Waals surface area contributed by atoms with Crippen LogP contribution in [0.25, 0.3) is 0 Å². The summed E-state index contributed by atoms with van der Waals surface area (Å²) >= 11 is 0. The summed E-state index contributed by atoms with van der Waals surface area (Å²) in [5.41, 5.74) is 5.48. The monoisotopic (exact) mass is 275 g/mol. The molecular weight excluding hydrogens is 262 g/mol. The van der Waals surface area contributed by atoms with Gasteiger partial charge in [0.1, 0.15) is 17.8 Å². The Balaban J connectivity index is 1.77. The third-order valence-corrected chi connectivity index (χ3v) is 2.35. The average Bonchev–Trinajstić information content (AvgIpc) is 2.44. The van der Waals surface area contributed by atoms with Gasteiger partial charge in [-0.15, -0.1) is 0 Å². The van der Waals surface area contributed by atoms with Crippen molar-refractivity contribution in [3.8, 4) is 0 Å². The summed E-state index contributed by atoms with van der Waals surface area (Å²) < 4.78 is 0. The van der Waals surface area contributed by atoms with E-state index in [2.05, 4.69) is 25.6 Å². The van der Waals surface area contributed by atoms with E-state index in [1.807, 2.05) is 0 Å².